The Kier molecular flexibility index (Phi) is 8.00. The number of carbonyl (C=O) groups excluding carboxylic acids is 2. The summed E-state index contributed by atoms with van der Waals surface area (Å²) in [5, 5.41) is 3.25. The summed E-state index contributed by atoms with van der Waals surface area (Å²) in [6, 6.07) is 13.0. The van der Waals surface area contributed by atoms with Crippen LogP contribution in [0.15, 0.2) is 52.2 Å². The Hall–Kier alpha value is -3.13. The molecule has 178 valence electrons. The smallest absolute Gasteiger partial charge is 0.338 e. The Bertz CT molecular complexity index is 1240. The van der Waals surface area contributed by atoms with Crippen LogP contribution in [-0.4, -0.2) is 40.3 Å². The van der Waals surface area contributed by atoms with Gasteiger partial charge in [-0.2, -0.15) is 0 Å². The van der Waals surface area contributed by atoms with Gasteiger partial charge in [-0.25, -0.2) is 9.78 Å². The first-order valence-corrected chi connectivity index (χ1v) is 12.7. The molecule has 0 fully saturated rings. The Morgan fingerprint density at radius 1 is 1.09 bits per heavy atom. The highest BCUT2D eigenvalue weighted by atomic mass is 32.2. The third-order valence-electron chi connectivity index (χ3n) is 5.85. The van der Waals surface area contributed by atoms with Crippen molar-refractivity contribution in [2.45, 2.75) is 50.5 Å². The van der Waals surface area contributed by atoms with E-state index in [1.807, 2.05) is 6.92 Å². The van der Waals surface area contributed by atoms with Crippen LogP contribution in [0.3, 0.4) is 0 Å². The van der Waals surface area contributed by atoms with E-state index in [0.717, 1.165) is 48.6 Å². The molecular weight excluding hydrogens is 450 g/mol. The Morgan fingerprint density at radius 3 is 2.71 bits per heavy atom. The summed E-state index contributed by atoms with van der Waals surface area (Å²) in [7, 11) is 0. The number of nitrogens with zero attached hydrogens (tertiary/aromatic N) is 2. The van der Waals surface area contributed by atoms with Gasteiger partial charge in [-0.3, -0.25) is 14.2 Å². The van der Waals surface area contributed by atoms with Crippen molar-refractivity contribution in [3.63, 3.8) is 0 Å². The summed E-state index contributed by atoms with van der Waals surface area (Å²) in [5.41, 5.74) is 1.91. The lowest BCUT2D eigenvalue weighted by Gasteiger charge is -2.16. The second kappa shape index (κ2) is 11.3. The van der Waals surface area contributed by atoms with Gasteiger partial charge in [0.05, 0.1) is 16.5 Å². The van der Waals surface area contributed by atoms with Gasteiger partial charge in [0, 0.05) is 30.2 Å². The number of rotatable bonds is 7. The molecule has 0 saturated carbocycles. The van der Waals surface area contributed by atoms with Crippen LogP contribution in [0.4, 0.5) is 0 Å². The van der Waals surface area contributed by atoms with Crippen molar-refractivity contribution >= 4 is 34.5 Å². The van der Waals surface area contributed by atoms with Crippen molar-refractivity contribution in [3.05, 3.63) is 69.8 Å². The third-order valence-corrected chi connectivity index (χ3v) is 6.86. The molecule has 1 N–H and O–H groups in total. The van der Waals surface area contributed by atoms with E-state index in [1.165, 1.54) is 5.56 Å². The molecule has 1 aliphatic rings. The average molecular weight is 480 g/mol. The molecule has 4 rings (SSSR count). The number of fused-ring (bicyclic) bond motifs is 2. The fraction of sp³-hybridized carbons (Fsp3) is 0.385. The largest absolute Gasteiger partial charge is 0.452 e. The topological polar surface area (TPSA) is 90.3 Å². The zero-order valence-electron chi connectivity index (χ0n) is 19.3. The zero-order valence-corrected chi connectivity index (χ0v) is 20.2. The van der Waals surface area contributed by atoms with E-state index >= 15 is 0 Å². The van der Waals surface area contributed by atoms with E-state index in [4.69, 9.17) is 4.74 Å². The van der Waals surface area contributed by atoms with Gasteiger partial charge in [-0.05, 0) is 50.1 Å². The predicted molar refractivity (Wildman–Crippen MR) is 133 cm³/mol. The molecule has 1 aromatic heterocycles. The third kappa shape index (κ3) is 6.05. The van der Waals surface area contributed by atoms with Crippen LogP contribution in [0, 0.1) is 6.92 Å². The highest BCUT2D eigenvalue weighted by Crippen LogP contribution is 2.18. The Morgan fingerprint density at radius 2 is 1.88 bits per heavy atom. The monoisotopic (exact) mass is 479 g/mol. The summed E-state index contributed by atoms with van der Waals surface area (Å²) in [5.74, 6) is 0.528. The minimum absolute atomic E-state index is 0.0651. The van der Waals surface area contributed by atoms with E-state index in [0.29, 0.717) is 24.0 Å². The number of aryl methyl sites for hydroxylation is 2. The maximum atomic E-state index is 12.9. The lowest BCUT2D eigenvalue weighted by molar-refractivity contribution is -0.124. The standard InChI is InChI=1S/C26H29N3O4S/c1-18-7-10-20(11-8-18)34-15-13-27-24(30)17-33-26(32)19-9-12-21-22(16-19)28-23-6-4-2-3-5-14-29(23)25(21)31/h7-12,16H,2-6,13-15,17H2,1H3,(H,27,30). The highest BCUT2D eigenvalue weighted by Gasteiger charge is 2.16. The molecule has 1 amide bonds. The SMILES string of the molecule is Cc1ccc(SCCNC(=O)COC(=O)c2ccc3c(=O)n4c(nc3c2)CCCCCC4)cc1. The van der Waals surface area contributed by atoms with E-state index in [2.05, 4.69) is 34.6 Å². The van der Waals surface area contributed by atoms with Crippen molar-refractivity contribution in [1.29, 1.82) is 0 Å². The fourth-order valence-corrected chi connectivity index (χ4v) is 4.75. The molecule has 34 heavy (non-hydrogen) atoms. The Balaban J connectivity index is 1.31. The van der Waals surface area contributed by atoms with Gasteiger partial charge < -0.3 is 10.1 Å². The van der Waals surface area contributed by atoms with Gasteiger partial charge in [0.25, 0.3) is 11.5 Å². The lowest BCUT2D eigenvalue weighted by Crippen LogP contribution is -2.30. The number of hydrogen-bond acceptors (Lipinski definition) is 6. The van der Waals surface area contributed by atoms with Crippen LogP contribution in [-0.2, 0) is 22.5 Å². The molecule has 1 aliphatic heterocycles. The molecule has 0 radical (unpaired) electrons. The maximum Gasteiger partial charge on any atom is 0.338 e. The number of thioether (sulfide) groups is 1. The van der Waals surface area contributed by atoms with Crippen LogP contribution >= 0.6 is 11.8 Å². The number of hydrogen-bond donors (Lipinski definition) is 1. The van der Waals surface area contributed by atoms with Crippen molar-refractivity contribution in [2.24, 2.45) is 0 Å². The number of benzene rings is 2. The van der Waals surface area contributed by atoms with E-state index in [-0.39, 0.29) is 23.6 Å². The van der Waals surface area contributed by atoms with Crippen molar-refractivity contribution < 1.29 is 14.3 Å². The molecule has 0 atom stereocenters. The quantitative estimate of drug-likeness (QED) is 0.314. The molecule has 0 saturated heterocycles. The molecule has 7 nitrogen and oxygen atoms in total. The van der Waals surface area contributed by atoms with E-state index in [9.17, 15) is 14.4 Å². The Labute approximate surface area is 202 Å². The summed E-state index contributed by atoms with van der Waals surface area (Å²) >= 11 is 1.65. The molecule has 8 heteroatoms. The number of ether oxygens (including phenoxy) is 1. The molecule has 0 unspecified atom stereocenters. The molecule has 3 aromatic rings. The number of aromatic nitrogens is 2. The average Bonchev–Trinajstić information content (AvgIpc) is 2.82. The summed E-state index contributed by atoms with van der Waals surface area (Å²) in [6.45, 7) is 2.84. The van der Waals surface area contributed by atoms with Crippen LogP contribution in [0.5, 0.6) is 0 Å². The molecule has 2 heterocycles. The second-order valence-electron chi connectivity index (χ2n) is 8.47. The number of nitrogens with one attached hydrogen (secondary N) is 1. The molecule has 0 aliphatic carbocycles. The molecular formula is C26H29N3O4S. The minimum Gasteiger partial charge on any atom is -0.452 e. The maximum absolute atomic E-state index is 12.9. The van der Waals surface area contributed by atoms with Crippen LogP contribution < -0.4 is 10.9 Å². The fourth-order valence-electron chi connectivity index (χ4n) is 3.98. The van der Waals surface area contributed by atoms with Crippen molar-refractivity contribution in [3.8, 4) is 0 Å². The first-order chi connectivity index (χ1) is 16.5. The van der Waals surface area contributed by atoms with Gasteiger partial charge in [-0.15, -0.1) is 11.8 Å². The summed E-state index contributed by atoms with van der Waals surface area (Å²) < 4.78 is 6.94. The number of amides is 1. The second-order valence-corrected chi connectivity index (χ2v) is 9.64. The van der Waals surface area contributed by atoms with Crippen LogP contribution in [0.2, 0.25) is 0 Å². The van der Waals surface area contributed by atoms with Crippen molar-refractivity contribution in [2.75, 3.05) is 18.9 Å². The molecule has 0 spiro atoms. The highest BCUT2D eigenvalue weighted by molar-refractivity contribution is 7.99. The lowest BCUT2D eigenvalue weighted by atomic mass is 10.1. The summed E-state index contributed by atoms with van der Waals surface area (Å²) in [4.78, 5) is 43.3. The van der Waals surface area contributed by atoms with Gasteiger partial charge in [-0.1, -0.05) is 30.5 Å². The van der Waals surface area contributed by atoms with E-state index < -0.39 is 5.97 Å². The number of carbonyl (C=O) groups is 2. The summed E-state index contributed by atoms with van der Waals surface area (Å²) in [6.07, 6.45) is 4.97. The van der Waals surface area contributed by atoms with Crippen molar-refractivity contribution in [1.82, 2.24) is 14.9 Å². The molecule has 0 bridgehead atoms. The van der Waals surface area contributed by atoms with Gasteiger partial charge >= 0.3 is 5.97 Å². The van der Waals surface area contributed by atoms with Gasteiger partial charge in [0.15, 0.2) is 6.61 Å². The van der Waals surface area contributed by atoms with Gasteiger partial charge in [0.2, 0.25) is 0 Å². The van der Waals surface area contributed by atoms with Crippen LogP contribution in [0.1, 0.15) is 47.4 Å². The molecule has 2 aromatic carbocycles. The predicted octanol–water partition coefficient (Wildman–Crippen LogP) is 3.89. The normalized spacial score (nSPS) is 13.6. The van der Waals surface area contributed by atoms with Gasteiger partial charge in [0.1, 0.15) is 5.82 Å². The van der Waals surface area contributed by atoms with E-state index in [1.54, 1.807) is 34.5 Å². The van der Waals surface area contributed by atoms with Crippen LogP contribution in [0.25, 0.3) is 10.9 Å². The number of esters is 1. The minimum atomic E-state index is -0.611. The first kappa shape index (κ1) is 24.0. The first-order valence-electron chi connectivity index (χ1n) is 11.7. The zero-order chi connectivity index (χ0) is 23.9.